The normalized spacial score (nSPS) is 11.3. The molecule has 0 spiro atoms. The van der Waals surface area contributed by atoms with E-state index in [0.29, 0.717) is 30.4 Å². The van der Waals surface area contributed by atoms with Gasteiger partial charge in [0, 0.05) is 39.3 Å². The van der Waals surface area contributed by atoms with Crippen LogP contribution in [0.4, 0.5) is 14.6 Å². The number of aliphatic imine (C=N–C) groups is 1. The molecule has 0 atom stereocenters. The second-order valence-electron chi connectivity index (χ2n) is 5.99. The highest BCUT2D eigenvalue weighted by atomic mass is 127. The van der Waals surface area contributed by atoms with E-state index in [-0.39, 0.29) is 36.3 Å². The molecule has 0 saturated carbocycles. The number of nitrogens with zero attached hydrogens (tertiary/aromatic N) is 5. The molecular weight excluding hydrogens is 509 g/mol. The molecule has 0 unspecified atom stereocenters. The Balaban J connectivity index is 0.00000320. The number of aromatic nitrogens is 4. The Morgan fingerprint density at radius 2 is 2.00 bits per heavy atom. The number of ether oxygens (including phenoxy) is 1. The highest BCUT2D eigenvalue weighted by Crippen LogP contribution is 2.20. The number of benzene rings is 1. The van der Waals surface area contributed by atoms with E-state index < -0.39 is 6.61 Å². The van der Waals surface area contributed by atoms with Gasteiger partial charge in [-0.3, -0.25) is 9.67 Å². The molecule has 3 N–H and O–H groups in total. The lowest BCUT2D eigenvalue weighted by Gasteiger charge is -2.15. The summed E-state index contributed by atoms with van der Waals surface area (Å²) >= 11 is 0. The van der Waals surface area contributed by atoms with Crippen LogP contribution in [0, 0.1) is 0 Å². The number of anilines is 1. The van der Waals surface area contributed by atoms with Gasteiger partial charge in [0.25, 0.3) is 0 Å². The molecule has 0 saturated heterocycles. The molecule has 162 valence electrons. The van der Waals surface area contributed by atoms with Gasteiger partial charge >= 0.3 is 6.61 Å². The third kappa shape index (κ3) is 6.11. The fourth-order valence-electron chi connectivity index (χ4n) is 2.73. The van der Waals surface area contributed by atoms with E-state index in [9.17, 15) is 8.78 Å². The number of alkyl halides is 2. The van der Waals surface area contributed by atoms with Crippen LogP contribution in [0.1, 0.15) is 5.56 Å². The summed E-state index contributed by atoms with van der Waals surface area (Å²) in [6.07, 6.45) is 3.20. The summed E-state index contributed by atoms with van der Waals surface area (Å²) in [4.78, 5) is 12.6. The summed E-state index contributed by atoms with van der Waals surface area (Å²) in [5.41, 5.74) is 1.35. The molecular formula is C18H23F2IN8O. The van der Waals surface area contributed by atoms with Gasteiger partial charge in [-0.2, -0.15) is 13.9 Å². The first-order chi connectivity index (χ1) is 14.1. The third-order valence-corrected chi connectivity index (χ3v) is 4.10. The van der Waals surface area contributed by atoms with Gasteiger partial charge in [-0.25, -0.2) is 9.97 Å². The van der Waals surface area contributed by atoms with Crippen LogP contribution in [0.2, 0.25) is 0 Å². The molecule has 3 rings (SSSR count). The SMILES string of the molecule is CN=C(NCCNc1ncnc2c1cnn2C)NCc1ccccc1OC(F)F.I. The number of aryl methyl sites for hydroxylation is 1. The van der Waals surface area contributed by atoms with E-state index in [1.165, 1.54) is 12.4 Å². The van der Waals surface area contributed by atoms with Crippen molar-refractivity contribution in [3.05, 3.63) is 42.4 Å². The number of hydrogen-bond acceptors (Lipinski definition) is 6. The molecule has 3 aromatic rings. The van der Waals surface area contributed by atoms with Crippen LogP contribution in [0.15, 0.2) is 41.8 Å². The van der Waals surface area contributed by atoms with Crippen LogP contribution < -0.4 is 20.7 Å². The highest BCUT2D eigenvalue weighted by molar-refractivity contribution is 14.0. The predicted molar refractivity (Wildman–Crippen MR) is 121 cm³/mol. The molecule has 12 heteroatoms. The topological polar surface area (TPSA) is 101 Å². The van der Waals surface area contributed by atoms with Crippen molar-refractivity contribution in [3.63, 3.8) is 0 Å². The lowest BCUT2D eigenvalue weighted by Crippen LogP contribution is -2.39. The minimum Gasteiger partial charge on any atom is -0.434 e. The smallest absolute Gasteiger partial charge is 0.387 e. The Kier molecular flexibility index (Phi) is 8.95. The third-order valence-electron chi connectivity index (χ3n) is 4.10. The zero-order chi connectivity index (χ0) is 20.6. The Morgan fingerprint density at radius 3 is 2.77 bits per heavy atom. The summed E-state index contributed by atoms with van der Waals surface area (Å²) in [6, 6.07) is 6.63. The average Bonchev–Trinajstić information content (AvgIpc) is 3.10. The minimum atomic E-state index is -2.87. The standard InChI is InChI=1S/C18H22F2N8O.HI/c1-21-18(24-9-12-5-3-4-6-14(12)29-17(19)20)23-8-7-22-15-13-10-27-28(2)16(13)26-11-25-15;/h3-6,10-11,17H,7-9H2,1-2H3,(H2,21,23,24)(H,22,25,26);1H. The number of guanidine groups is 1. The highest BCUT2D eigenvalue weighted by Gasteiger charge is 2.10. The van der Waals surface area contributed by atoms with Crippen molar-refractivity contribution in [2.45, 2.75) is 13.2 Å². The number of para-hydroxylation sites is 1. The van der Waals surface area contributed by atoms with Crippen molar-refractivity contribution in [2.75, 3.05) is 25.5 Å². The van der Waals surface area contributed by atoms with Crippen molar-refractivity contribution < 1.29 is 13.5 Å². The van der Waals surface area contributed by atoms with E-state index in [4.69, 9.17) is 0 Å². The van der Waals surface area contributed by atoms with E-state index in [1.54, 1.807) is 36.1 Å². The van der Waals surface area contributed by atoms with Gasteiger partial charge in [0.2, 0.25) is 0 Å². The van der Waals surface area contributed by atoms with Crippen molar-refractivity contribution in [1.29, 1.82) is 0 Å². The fraction of sp³-hybridized carbons (Fsp3) is 0.333. The van der Waals surface area contributed by atoms with Crippen LogP contribution in [0.5, 0.6) is 5.75 Å². The van der Waals surface area contributed by atoms with Gasteiger partial charge in [0.15, 0.2) is 11.6 Å². The molecule has 0 aliphatic carbocycles. The van der Waals surface area contributed by atoms with Crippen molar-refractivity contribution in [1.82, 2.24) is 30.4 Å². The Labute approximate surface area is 189 Å². The number of rotatable bonds is 8. The average molecular weight is 532 g/mol. The number of nitrogens with one attached hydrogen (secondary N) is 3. The maximum atomic E-state index is 12.5. The minimum absolute atomic E-state index is 0. The van der Waals surface area contributed by atoms with E-state index in [2.05, 4.69) is 40.7 Å². The summed E-state index contributed by atoms with van der Waals surface area (Å²) < 4.78 is 31.2. The molecule has 0 aliphatic heterocycles. The van der Waals surface area contributed by atoms with Crippen LogP contribution >= 0.6 is 24.0 Å². The molecule has 0 radical (unpaired) electrons. The molecule has 1 aromatic carbocycles. The monoisotopic (exact) mass is 532 g/mol. The number of halogens is 3. The summed E-state index contributed by atoms with van der Waals surface area (Å²) in [5.74, 6) is 1.37. The lowest BCUT2D eigenvalue weighted by molar-refractivity contribution is -0.0504. The summed E-state index contributed by atoms with van der Waals surface area (Å²) in [6.45, 7) is -1.45. The quantitative estimate of drug-likeness (QED) is 0.177. The Morgan fingerprint density at radius 1 is 1.20 bits per heavy atom. The van der Waals surface area contributed by atoms with E-state index in [0.717, 1.165) is 11.0 Å². The van der Waals surface area contributed by atoms with Crippen molar-refractivity contribution in [3.8, 4) is 5.75 Å². The Hall–Kier alpha value is -2.77. The van der Waals surface area contributed by atoms with Crippen LogP contribution in [-0.2, 0) is 13.6 Å². The molecule has 0 aliphatic rings. The van der Waals surface area contributed by atoms with Gasteiger partial charge in [0.05, 0.1) is 11.6 Å². The predicted octanol–water partition coefficient (Wildman–Crippen LogP) is 2.36. The van der Waals surface area contributed by atoms with Crippen LogP contribution in [-0.4, -0.2) is 52.5 Å². The lowest BCUT2D eigenvalue weighted by atomic mass is 10.2. The van der Waals surface area contributed by atoms with Crippen molar-refractivity contribution >= 4 is 46.8 Å². The molecule has 0 bridgehead atoms. The van der Waals surface area contributed by atoms with E-state index in [1.807, 2.05) is 7.05 Å². The molecule has 2 heterocycles. The van der Waals surface area contributed by atoms with Crippen molar-refractivity contribution in [2.24, 2.45) is 12.0 Å². The Bertz CT molecular complexity index is 982. The van der Waals surface area contributed by atoms with Gasteiger partial charge in [-0.05, 0) is 6.07 Å². The van der Waals surface area contributed by atoms with Crippen LogP contribution in [0.3, 0.4) is 0 Å². The van der Waals surface area contributed by atoms with Crippen LogP contribution in [0.25, 0.3) is 11.0 Å². The summed E-state index contributed by atoms with van der Waals surface area (Å²) in [5, 5.41) is 14.5. The van der Waals surface area contributed by atoms with E-state index >= 15 is 0 Å². The zero-order valence-electron chi connectivity index (χ0n) is 16.5. The first-order valence-corrected chi connectivity index (χ1v) is 8.92. The first kappa shape index (κ1) is 23.5. The zero-order valence-corrected chi connectivity index (χ0v) is 18.8. The van der Waals surface area contributed by atoms with Gasteiger partial charge in [0.1, 0.15) is 17.9 Å². The molecule has 0 fully saturated rings. The number of hydrogen-bond donors (Lipinski definition) is 3. The number of fused-ring (bicyclic) bond motifs is 1. The first-order valence-electron chi connectivity index (χ1n) is 8.92. The largest absolute Gasteiger partial charge is 0.434 e. The molecule has 0 amide bonds. The molecule has 9 nitrogen and oxygen atoms in total. The fourth-order valence-corrected chi connectivity index (χ4v) is 2.73. The second-order valence-corrected chi connectivity index (χ2v) is 5.99. The van der Waals surface area contributed by atoms with Gasteiger partial charge in [-0.15, -0.1) is 24.0 Å². The van der Waals surface area contributed by atoms with Gasteiger partial charge in [-0.1, -0.05) is 18.2 Å². The molecule has 2 aromatic heterocycles. The maximum absolute atomic E-state index is 12.5. The maximum Gasteiger partial charge on any atom is 0.387 e. The molecule has 30 heavy (non-hydrogen) atoms. The second kappa shape index (κ2) is 11.4. The van der Waals surface area contributed by atoms with Gasteiger partial charge < -0.3 is 20.7 Å². The summed E-state index contributed by atoms with van der Waals surface area (Å²) in [7, 11) is 3.45.